The fourth-order valence-corrected chi connectivity index (χ4v) is 3.96. The van der Waals surface area contributed by atoms with E-state index in [2.05, 4.69) is 15.4 Å². The molecule has 0 radical (unpaired) electrons. The molecule has 1 saturated carbocycles. The number of amides is 1. The summed E-state index contributed by atoms with van der Waals surface area (Å²) in [6.07, 6.45) is 6.11. The average Bonchev–Trinajstić information content (AvgIpc) is 2.96. The predicted octanol–water partition coefficient (Wildman–Crippen LogP) is 2.40. The van der Waals surface area contributed by atoms with Crippen LogP contribution >= 0.6 is 24.8 Å². The summed E-state index contributed by atoms with van der Waals surface area (Å²) in [5.41, 5.74) is 8.99. The summed E-state index contributed by atoms with van der Waals surface area (Å²) in [5.74, 6) is 0.0345. The molecule has 0 aromatic carbocycles. The van der Waals surface area contributed by atoms with Gasteiger partial charge in [-0.15, -0.1) is 24.8 Å². The van der Waals surface area contributed by atoms with E-state index in [0.717, 1.165) is 42.6 Å². The summed E-state index contributed by atoms with van der Waals surface area (Å²) in [5, 5.41) is 5.75. The molecule has 0 spiro atoms. The highest BCUT2D eigenvalue weighted by Crippen LogP contribution is 2.38. The lowest BCUT2D eigenvalue weighted by atomic mass is 9.71. The maximum atomic E-state index is 12.5. The summed E-state index contributed by atoms with van der Waals surface area (Å²) in [7, 11) is 0. The summed E-state index contributed by atoms with van der Waals surface area (Å²) in [4.78, 5) is 28.5. The first-order chi connectivity index (χ1) is 11.9. The molecule has 2 heterocycles. The molecule has 4 N–H and O–H groups in total. The minimum absolute atomic E-state index is 0. The Bertz CT molecular complexity index is 840. The van der Waals surface area contributed by atoms with E-state index in [9.17, 15) is 9.59 Å². The molecule has 9 heteroatoms. The largest absolute Gasteiger partial charge is 0.352 e. The molecule has 0 aliphatic heterocycles. The quantitative estimate of drug-likeness (QED) is 0.693. The first-order valence-electron chi connectivity index (χ1n) is 8.99. The van der Waals surface area contributed by atoms with Crippen LogP contribution in [0, 0.1) is 19.3 Å². The number of carbonyl (C=O) groups excluding carboxylic acids is 1. The van der Waals surface area contributed by atoms with Crippen LogP contribution in [0.1, 0.15) is 55.5 Å². The van der Waals surface area contributed by atoms with Gasteiger partial charge in [0, 0.05) is 36.0 Å². The van der Waals surface area contributed by atoms with E-state index >= 15 is 0 Å². The number of nitrogens with two attached hydrogens (primary N) is 1. The number of nitrogens with zero attached hydrogens (tertiary/aromatic N) is 2. The molecule has 152 valence electrons. The molecule has 1 aliphatic carbocycles. The number of H-pyrrole nitrogens is 1. The van der Waals surface area contributed by atoms with E-state index in [4.69, 9.17) is 5.73 Å². The number of fused-ring (bicyclic) bond motifs is 1. The Balaban J connectivity index is 0.00000182. The Morgan fingerprint density at radius 2 is 1.96 bits per heavy atom. The molecular weight excluding hydrogens is 389 g/mol. The van der Waals surface area contributed by atoms with E-state index in [1.54, 1.807) is 4.52 Å². The van der Waals surface area contributed by atoms with Crippen molar-refractivity contribution in [2.24, 2.45) is 11.1 Å². The van der Waals surface area contributed by atoms with Crippen LogP contribution in [-0.4, -0.2) is 27.0 Å². The van der Waals surface area contributed by atoms with Crippen molar-refractivity contribution in [2.45, 2.75) is 58.9 Å². The topological polar surface area (TPSA) is 105 Å². The SMILES string of the molecule is Cc1nc2cc(=O)[nH]n2c(C)c1CNC(=O)CC1(CN)CCCCC1.Cl.Cl. The third-order valence-corrected chi connectivity index (χ3v) is 5.55. The number of rotatable bonds is 5. The van der Waals surface area contributed by atoms with Crippen molar-refractivity contribution in [3.63, 3.8) is 0 Å². The molecule has 0 bridgehead atoms. The van der Waals surface area contributed by atoms with Gasteiger partial charge < -0.3 is 11.1 Å². The van der Waals surface area contributed by atoms with Gasteiger partial charge in [0.2, 0.25) is 5.91 Å². The zero-order valence-corrected chi connectivity index (χ0v) is 17.5. The van der Waals surface area contributed by atoms with Gasteiger partial charge in [0.25, 0.3) is 5.56 Å². The average molecular weight is 418 g/mol. The van der Waals surface area contributed by atoms with E-state index < -0.39 is 0 Å². The standard InChI is InChI=1S/C18H27N5O2.2ClH/c1-12-14(13(2)23-15(21-12)8-16(24)22-23)10-20-17(25)9-18(11-19)6-4-3-5-7-18;;/h8H,3-7,9-11,19H2,1-2H3,(H,20,25)(H,22,24);2*1H. The molecule has 7 nitrogen and oxygen atoms in total. The molecule has 0 atom stereocenters. The smallest absolute Gasteiger partial charge is 0.266 e. The molecule has 2 aromatic heterocycles. The Kier molecular flexibility index (Phi) is 8.32. The first kappa shape index (κ1) is 23.5. The second-order valence-corrected chi connectivity index (χ2v) is 7.29. The minimum Gasteiger partial charge on any atom is -0.352 e. The summed E-state index contributed by atoms with van der Waals surface area (Å²) in [6, 6.07) is 1.47. The van der Waals surface area contributed by atoms with Crippen LogP contribution in [0.5, 0.6) is 0 Å². The van der Waals surface area contributed by atoms with Crippen LogP contribution in [0.25, 0.3) is 5.65 Å². The number of aromatic nitrogens is 3. The minimum atomic E-state index is -0.182. The summed E-state index contributed by atoms with van der Waals surface area (Å²) in [6.45, 7) is 4.78. The van der Waals surface area contributed by atoms with Crippen molar-refractivity contribution in [2.75, 3.05) is 6.54 Å². The van der Waals surface area contributed by atoms with E-state index in [1.165, 1.54) is 12.5 Å². The number of carbonyl (C=O) groups is 1. The number of halogens is 2. The highest BCUT2D eigenvalue weighted by molar-refractivity contribution is 5.85. The molecule has 1 aliphatic rings. The van der Waals surface area contributed by atoms with E-state index in [-0.39, 0.29) is 41.7 Å². The number of hydrogen-bond acceptors (Lipinski definition) is 4. The van der Waals surface area contributed by atoms with Crippen molar-refractivity contribution in [3.05, 3.63) is 33.4 Å². The predicted molar refractivity (Wildman–Crippen MR) is 111 cm³/mol. The van der Waals surface area contributed by atoms with Gasteiger partial charge >= 0.3 is 0 Å². The van der Waals surface area contributed by atoms with Crippen molar-refractivity contribution in [3.8, 4) is 0 Å². The van der Waals surface area contributed by atoms with Crippen LogP contribution in [0.3, 0.4) is 0 Å². The first-order valence-corrected chi connectivity index (χ1v) is 8.99. The Morgan fingerprint density at radius 3 is 2.59 bits per heavy atom. The second-order valence-electron chi connectivity index (χ2n) is 7.29. The Morgan fingerprint density at radius 1 is 1.30 bits per heavy atom. The lowest BCUT2D eigenvalue weighted by Gasteiger charge is -2.35. The van der Waals surface area contributed by atoms with Gasteiger partial charge in [0.1, 0.15) is 0 Å². The maximum Gasteiger partial charge on any atom is 0.266 e. The highest BCUT2D eigenvalue weighted by atomic mass is 35.5. The lowest BCUT2D eigenvalue weighted by Crippen LogP contribution is -2.38. The van der Waals surface area contributed by atoms with Gasteiger partial charge in [-0.25, -0.2) is 9.50 Å². The highest BCUT2D eigenvalue weighted by Gasteiger charge is 2.32. The van der Waals surface area contributed by atoms with Crippen molar-refractivity contribution in [1.29, 1.82) is 0 Å². The van der Waals surface area contributed by atoms with Gasteiger partial charge in [0.15, 0.2) is 5.65 Å². The van der Waals surface area contributed by atoms with Crippen LogP contribution < -0.4 is 16.6 Å². The van der Waals surface area contributed by atoms with Gasteiger partial charge in [-0.1, -0.05) is 19.3 Å². The molecule has 1 fully saturated rings. The summed E-state index contributed by atoms with van der Waals surface area (Å²) >= 11 is 0. The molecule has 3 rings (SSSR count). The zero-order valence-electron chi connectivity index (χ0n) is 15.8. The number of hydrogen-bond donors (Lipinski definition) is 3. The number of nitrogens with one attached hydrogen (secondary N) is 2. The van der Waals surface area contributed by atoms with Crippen molar-refractivity contribution in [1.82, 2.24) is 19.9 Å². The van der Waals surface area contributed by atoms with Crippen molar-refractivity contribution >= 4 is 36.4 Å². The third kappa shape index (κ3) is 5.03. The van der Waals surface area contributed by atoms with E-state index in [0.29, 0.717) is 25.2 Å². The van der Waals surface area contributed by atoms with Crippen LogP contribution in [-0.2, 0) is 11.3 Å². The molecule has 0 saturated heterocycles. The van der Waals surface area contributed by atoms with E-state index in [1.807, 2.05) is 13.8 Å². The molecule has 2 aromatic rings. The summed E-state index contributed by atoms with van der Waals surface area (Å²) < 4.78 is 1.67. The Hall–Kier alpha value is -1.57. The maximum absolute atomic E-state index is 12.5. The van der Waals surface area contributed by atoms with Gasteiger partial charge in [-0.3, -0.25) is 14.7 Å². The fourth-order valence-electron chi connectivity index (χ4n) is 3.96. The molecular formula is C18H29Cl2N5O2. The third-order valence-electron chi connectivity index (χ3n) is 5.55. The molecule has 1 amide bonds. The molecule has 27 heavy (non-hydrogen) atoms. The van der Waals surface area contributed by atoms with Gasteiger partial charge in [-0.2, -0.15) is 0 Å². The number of aromatic amines is 1. The lowest BCUT2D eigenvalue weighted by molar-refractivity contribution is -0.124. The van der Waals surface area contributed by atoms with Crippen LogP contribution in [0.4, 0.5) is 0 Å². The molecule has 0 unspecified atom stereocenters. The second kappa shape index (κ2) is 9.57. The normalized spacial score (nSPS) is 15.7. The van der Waals surface area contributed by atoms with Crippen LogP contribution in [0.15, 0.2) is 10.9 Å². The van der Waals surface area contributed by atoms with Crippen molar-refractivity contribution < 1.29 is 4.79 Å². The number of aryl methyl sites for hydroxylation is 2. The zero-order chi connectivity index (χ0) is 18.0. The Labute approximate surface area is 171 Å². The monoisotopic (exact) mass is 417 g/mol. The van der Waals surface area contributed by atoms with Gasteiger partial charge in [0.05, 0.1) is 0 Å². The van der Waals surface area contributed by atoms with Gasteiger partial charge in [-0.05, 0) is 38.6 Å². The van der Waals surface area contributed by atoms with Crippen LogP contribution in [0.2, 0.25) is 0 Å². The fraction of sp³-hybridized carbons (Fsp3) is 0.611.